The number of nitrogens with zero attached hydrogens (tertiary/aromatic N) is 2. The summed E-state index contributed by atoms with van der Waals surface area (Å²) in [4.78, 5) is 27.4. The van der Waals surface area contributed by atoms with E-state index in [4.69, 9.17) is 0 Å². The van der Waals surface area contributed by atoms with Crippen molar-refractivity contribution in [1.82, 2.24) is 15.1 Å². The Morgan fingerprint density at radius 2 is 2.00 bits per heavy atom. The first-order valence-corrected chi connectivity index (χ1v) is 8.57. The van der Waals surface area contributed by atoms with E-state index in [0.717, 1.165) is 45.6 Å². The number of rotatable bonds is 5. The van der Waals surface area contributed by atoms with Crippen LogP contribution >= 0.6 is 0 Å². The van der Waals surface area contributed by atoms with E-state index in [-0.39, 0.29) is 11.8 Å². The summed E-state index contributed by atoms with van der Waals surface area (Å²) in [5, 5.41) is 3.03. The Morgan fingerprint density at radius 3 is 2.73 bits per heavy atom. The zero-order chi connectivity index (χ0) is 15.8. The maximum atomic E-state index is 12.0. The predicted octanol–water partition coefficient (Wildman–Crippen LogP) is 1.55. The number of allylic oxidation sites excluding steroid dienone is 1. The molecule has 1 N–H and O–H groups in total. The standard InChI is InChI=1S/C17H29N3O2/c1-15(21)20-11-5-10-19(12-13-20)14-17(22)18-9-8-16-6-3-2-4-7-16/h6H,2-5,7-14H2,1H3,(H,18,22). The van der Waals surface area contributed by atoms with Crippen LogP contribution in [0.1, 0.15) is 45.4 Å². The molecule has 0 aromatic carbocycles. The Labute approximate surface area is 133 Å². The van der Waals surface area contributed by atoms with Crippen molar-refractivity contribution < 1.29 is 9.59 Å². The second-order valence-corrected chi connectivity index (χ2v) is 6.34. The first-order valence-electron chi connectivity index (χ1n) is 8.57. The summed E-state index contributed by atoms with van der Waals surface area (Å²) in [7, 11) is 0. The normalized spacial score (nSPS) is 20.2. The van der Waals surface area contributed by atoms with Gasteiger partial charge in [-0.05, 0) is 38.5 Å². The van der Waals surface area contributed by atoms with Crippen molar-refractivity contribution in [2.24, 2.45) is 0 Å². The van der Waals surface area contributed by atoms with Crippen LogP contribution in [0.25, 0.3) is 0 Å². The minimum absolute atomic E-state index is 0.104. The van der Waals surface area contributed by atoms with Crippen LogP contribution in [0.2, 0.25) is 0 Å². The molecular weight excluding hydrogens is 278 g/mol. The van der Waals surface area contributed by atoms with Gasteiger partial charge in [-0.15, -0.1) is 0 Å². The summed E-state index contributed by atoms with van der Waals surface area (Å²) >= 11 is 0. The maximum absolute atomic E-state index is 12.0. The van der Waals surface area contributed by atoms with E-state index in [1.807, 2.05) is 4.90 Å². The van der Waals surface area contributed by atoms with Crippen molar-refractivity contribution >= 4 is 11.8 Å². The molecule has 124 valence electrons. The molecule has 0 aromatic heterocycles. The van der Waals surface area contributed by atoms with E-state index in [1.165, 1.54) is 31.3 Å². The van der Waals surface area contributed by atoms with Gasteiger partial charge in [0.1, 0.15) is 0 Å². The summed E-state index contributed by atoms with van der Waals surface area (Å²) in [5.41, 5.74) is 1.50. The molecule has 1 heterocycles. The second-order valence-electron chi connectivity index (χ2n) is 6.34. The third-order valence-corrected chi connectivity index (χ3v) is 4.55. The molecule has 1 saturated heterocycles. The van der Waals surface area contributed by atoms with Crippen LogP contribution in [0.5, 0.6) is 0 Å². The third-order valence-electron chi connectivity index (χ3n) is 4.55. The Hall–Kier alpha value is -1.36. The van der Waals surface area contributed by atoms with Crippen molar-refractivity contribution in [3.63, 3.8) is 0 Å². The highest BCUT2D eigenvalue weighted by atomic mass is 16.2. The second kappa shape index (κ2) is 8.93. The number of nitrogens with one attached hydrogen (secondary N) is 1. The zero-order valence-corrected chi connectivity index (χ0v) is 13.8. The van der Waals surface area contributed by atoms with Crippen molar-refractivity contribution in [1.29, 1.82) is 0 Å². The Balaban J connectivity index is 1.64. The molecule has 1 fully saturated rings. The Kier molecular flexibility index (Phi) is 6.90. The minimum atomic E-state index is 0.104. The fourth-order valence-electron chi connectivity index (χ4n) is 3.20. The molecule has 2 aliphatic rings. The van der Waals surface area contributed by atoms with Gasteiger partial charge >= 0.3 is 0 Å². The molecule has 5 nitrogen and oxygen atoms in total. The molecule has 1 aliphatic carbocycles. The number of amides is 2. The average molecular weight is 307 g/mol. The molecule has 0 unspecified atom stereocenters. The molecule has 0 spiro atoms. The topological polar surface area (TPSA) is 52.7 Å². The van der Waals surface area contributed by atoms with Crippen LogP contribution in [0.3, 0.4) is 0 Å². The molecule has 0 aromatic rings. The van der Waals surface area contributed by atoms with Crippen molar-refractivity contribution in [3.05, 3.63) is 11.6 Å². The summed E-state index contributed by atoms with van der Waals surface area (Å²) in [6, 6.07) is 0. The summed E-state index contributed by atoms with van der Waals surface area (Å²) in [5.74, 6) is 0.236. The molecule has 22 heavy (non-hydrogen) atoms. The van der Waals surface area contributed by atoms with Gasteiger partial charge in [-0.3, -0.25) is 14.5 Å². The summed E-state index contributed by atoms with van der Waals surface area (Å²) in [6.45, 7) is 6.03. The lowest BCUT2D eigenvalue weighted by atomic mass is 9.97. The van der Waals surface area contributed by atoms with Gasteiger partial charge < -0.3 is 10.2 Å². The van der Waals surface area contributed by atoms with E-state index >= 15 is 0 Å². The monoisotopic (exact) mass is 307 g/mol. The van der Waals surface area contributed by atoms with E-state index in [2.05, 4.69) is 16.3 Å². The quantitative estimate of drug-likeness (QED) is 0.784. The largest absolute Gasteiger partial charge is 0.355 e. The highest BCUT2D eigenvalue weighted by Gasteiger charge is 2.18. The summed E-state index contributed by atoms with van der Waals surface area (Å²) < 4.78 is 0. The van der Waals surface area contributed by atoms with Crippen LogP contribution in [0.4, 0.5) is 0 Å². The number of hydrogen-bond donors (Lipinski definition) is 1. The lowest BCUT2D eigenvalue weighted by molar-refractivity contribution is -0.128. The number of carbonyl (C=O) groups excluding carboxylic acids is 2. The molecule has 2 rings (SSSR count). The molecule has 0 bridgehead atoms. The molecule has 5 heteroatoms. The Bertz CT molecular complexity index is 420. The maximum Gasteiger partial charge on any atom is 0.234 e. The van der Waals surface area contributed by atoms with Gasteiger partial charge in [0, 0.05) is 39.6 Å². The SMILES string of the molecule is CC(=O)N1CCCN(CC(=O)NCCC2=CCCCC2)CC1. The lowest BCUT2D eigenvalue weighted by Crippen LogP contribution is -2.40. The average Bonchev–Trinajstić information content (AvgIpc) is 2.74. The van der Waals surface area contributed by atoms with E-state index in [0.29, 0.717) is 6.54 Å². The van der Waals surface area contributed by atoms with Gasteiger partial charge in [0.2, 0.25) is 11.8 Å². The van der Waals surface area contributed by atoms with Gasteiger partial charge in [0.25, 0.3) is 0 Å². The molecule has 0 radical (unpaired) electrons. The van der Waals surface area contributed by atoms with Crippen LogP contribution < -0.4 is 5.32 Å². The van der Waals surface area contributed by atoms with Gasteiger partial charge in [-0.1, -0.05) is 11.6 Å². The van der Waals surface area contributed by atoms with E-state index in [9.17, 15) is 9.59 Å². The van der Waals surface area contributed by atoms with Crippen LogP contribution in [0.15, 0.2) is 11.6 Å². The third kappa shape index (κ3) is 5.79. The van der Waals surface area contributed by atoms with Gasteiger partial charge in [0.15, 0.2) is 0 Å². The fraction of sp³-hybridized carbons (Fsp3) is 0.765. The van der Waals surface area contributed by atoms with E-state index < -0.39 is 0 Å². The first-order chi connectivity index (χ1) is 10.6. The molecule has 2 amide bonds. The van der Waals surface area contributed by atoms with E-state index in [1.54, 1.807) is 6.92 Å². The number of hydrogen-bond acceptors (Lipinski definition) is 3. The molecular formula is C17H29N3O2. The smallest absolute Gasteiger partial charge is 0.234 e. The van der Waals surface area contributed by atoms with Crippen molar-refractivity contribution in [2.75, 3.05) is 39.3 Å². The zero-order valence-electron chi connectivity index (χ0n) is 13.8. The molecule has 1 aliphatic heterocycles. The van der Waals surface area contributed by atoms with Crippen LogP contribution in [-0.2, 0) is 9.59 Å². The highest BCUT2D eigenvalue weighted by molar-refractivity contribution is 5.78. The molecule has 0 atom stereocenters. The summed E-state index contributed by atoms with van der Waals surface area (Å²) in [6.07, 6.45) is 9.26. The highest BCUT2D eigenvalue weighted by Crippen LogP contribution is 2.19. The number of carbonyl (C=O) groups is 2. The Morgan fingerprint density at radius 1 is 1.14 bits per heavy atom. The van der Waals surface area contributed by atoms with Crippen molar-refractivity contribution in [2.45, 2.75) is 45.4 Å². The minimum Gasteiger partial charge on any atom is -0.355 e. The van der Waals surface area contributed by atoms with Crippen LogP contribution in [-0.4, -0.2) is 60.9 Å². The van der Waals surface area contributed by atoms with Gasteiger partial charge in [-0.25, -0.2) is 0 Å². The van der Waals surface area contributed by atoms with Gasteiger partial charge in [-0.2, -0.15) is 0 Å². The predicted molar refractivity (Wildman–Crippen MR) is 87.5 cm³/mol. The van der Waals surface area contributed by atoms with Crippen LogP contribution in [0, 0.1) is 0 Å². The molecule has 0 saturated carbocycles. The first kappa shape index (κ1) is 17.0. The fourth-order valence-corrected chi connectivity index (χ4v) is 3.20. The van der Waals surface area contributed by atoms with Gasteiger partial charge in [0.05, 0.1) is 6.54 Å². The van der Waals surface area contributed by atoms with Crippen molar-refractivity contribution in [3.8, 4) is 0 Å². The lowest BCUT2D eigenvalue weighted by Gasteiger charge is -2.20.